The van der Waals surface area contributed by atoms with Crippen molar-refractivity contribution in [2.45, 2.75) is 11.8 Å². The number of benzene rings is 2. The number of nitrogens with one attached hydrogen (secondary N) is 1. The predicted octanol–water partition coefficient (Wildman–Crippen LogP) is 1.96. The van der Waals surface area contributed by atoms with Crippen LogP contribution in [-0.4, -0.2) is 13.5 Å². The number of rotatable bonds is 3. The van der Waals surface area contributed by atoms with E-state index >= 15 is 0 Å². The number of aryl methyl sites for hydroxylation is 1. The summed E-state index contributed by atoms with van der Waals surface area (Å²) in [5, 5.41) is 18.2. The summed E-state index contributed by atoms with van der Waals surface area (Å²) in [5.74, 6) is -0.184. The van der Waals surface area contributed by atoms with Crippen LogP contribution >= 0.6 is 0 Å². The molecule has 0 unspecified atom stereocenters. The Morgan fingerprint density at radius 3 is 2.57 bits per heavy atom. The maximum atomic E-state index is 12.3. The Balaban J connectivity index is 2.42. The Morgan fingerprint density at radius 2 is 1.95 bits per heavy atom. The number of aromatic hydroxyl groups is 1. The summed E-state index contributed by atoms with van der Waals surface area (Å²) in [7, 11) is -3.85. The molecule has 0 saturated heterocycles. The summed E-state index contributed by atoms with van der Waals surface area (Å²) >= 11 is 0. The van der Waals surface area contributed by atoms with Gasteiger partial charge in [-0.2, -0.15) is 5.26 Å². The summed E-state index contributed by atoms with van der Waals surface area (Å²) in [6.45, 7) is 1.73. The first-order valence-corrected chi connectivity index (χ1v) is 7.44. The highest BCUT2D eigenvalue weighted by atomic mass is 32.2. The molecule has 108 valence electrons. The SMILES string of the molecule is Cc1ccc(C#N)cc1NS(=O)(=O)c1ccc(O)c(N)c1. The van der Waals surface area contributed by atoms with Crippen LogP contribution in [0.4, 0.5) is 11.4 Å². The highest BCUT2D eigenvalue weighted by Gasteiger charge is 2.16. The molecule has 4 N–H and O–H groups in total. The van der Waals surface area contributed by atoms with Crippen LogP contribution in [0.25, 0.3) is 0 Å². The number of anilines is 2. The van der Waals surface area contributed by atoms with Crippen LogP contribution in [0.5, 0.6) is 5.75 Å². The first-order chi connectivity index (χ1) is 9.83. The van der Waals surface area contributed by atoms with Crippen LogP contribution in [0.2, 0.25) is 0 Å². The van der Waals surface area contributed by atoms with Crippen molar-refractivity contribution < 1.29 is 13.5 Å². The van der Waals surface area contributed by atoms with Gasteiger partial charge < -0.3 is 10.8 Å². The van der Waals surface area contributed by atoms with Gasteiger partial charge in [-0.3, -0.25) is 4.72 Å². The predicted molar refractivity (Wildman–Crippen MR) is 79.2 cm³/mol. The number of hydrogen-bond acceptors (Lipinski definition) is 5. The fraction of sp³-hybridized carbons (Fsp3) is 0.0714. The van der Waals surface area contributed by atoms with Gasteiger partial charge in [0.05, 0.1) is 27.9 Å². The van der Waals surface area contributed by atoms with E-state index in [0.29, 0.717) is 16.8 Å². The van der Waals surface area contributed by atoms with E-state index in [2.05, 4.69) is 4.72 Å². The van der Waals surface area contributed by atoms with Gasteiger partial charge in [0.25, 0.3) is 10.0 Å². The maximum Gasteiger partial charge on any atom is 0.261 e. The van der Waals surface area contributed by atoms with E-state index in [1.807, 2.05) is 6.07 Å². The van der Waals surface area contributed by atoms with Gasteiger partial charge in [0.1, 0.15) is 5.75 Å². The Bertz CT molecular complexity index is 839. The van der Waals surface area contributed by atoms with Crippen molar-refractivity contribution in [3.63, 3.8) is 0 Å². The molecule has 0 radical (unpaired) electrons. The molecule has 0 spiro atoms. The van der Waals surface area contributed by atoms with Crippen LogP contribution in [-0.2, 0) is 10.0 Å². The molecule has 0 fully saturated rings. The van der Waals surface area contributed by atoms with Gasteiger partial charge >= 0.3 is 0 Å². The van der Waals surface area contributed by atoms with E-state index in [9.17, 15) is 13.5 Å². The van der Waals surface area contributed by atoms with Crippen molar-refractivity contribution in [1.29, 1.82) is 5.26 Å². The van der Waals surface area contributed by atoms with Crippen molar-refractivity contribution in [2.24, 2.45) is 0 Å². The number of nitrogens with two attached hydrogens (primary N) is 1. The molecule has 0 aliphatic heterocycles. The molecule has 7 heteroatoms. The molecule has 2 rings (SSSR count). The highest BCUT2D eigenvalue weighted by molar-refractivity contribution is 7.92. The summed E-state index contributed by atoms with van der Waals surface area (Å²) in [4.78, 5) is -0.0699. The molecule has 0 saturated carbocycles. The maximum absolute atomic E-state index is 12.3. The number of phenolic OH excluding ortho intramolecular Hbond substituents is 1. The lowest BCUT2D eigenvalue weighted by Gasteiger charge is -2.11. The lowest BCUT2D eigenvalue weighted by atomic mass is 10.1. The van der Waals surface area contributed by atoms with Crippen LogP contribution in [0.1, 0.15) is 11.1 Å². The summed E-state index contributed by atoms with van der Waals surface area (Å²) < 4.78 is 27.0. The molecular weight excluding hydrogens is 290 g/mol. The second kappa shape index (κ2) is 5.34. The fourth-order valence-electron chi connectivity index (χ4n) is 1.70. The molecule has 0 atom stereocenters. The quantitative estimate of drug-likeness (QED) is 0.592. The molecule has 0 heterocycles. The standard InChI is InChI=1S/C14H13N3O3S/c1-9-2-3-10(8-15)6-13(9)17-21(19,20)11-4-5-14(18)12(16)7-11/h2-7,17-18H,16H2,1H3. The van der Waals surface area contributed by atoms with Crippen LogP contribution in [0, 0.1) is 18.3 Å². The average molecular weight is 303 g/mol. The van der Waals surface area contributed by atoms with E-state index in [-0.39, 0.29) is 16.3 Å². The zero-order valence-corrected chi connectivity index (χ0v) is 12.0. The Labute approximate surface area is 122 Å². The topological polar surface area (TPSA) is 116 Å². The Kier molecular flexibility index (Phi) is 3.74. The van der Waals surface area contributed by atoms with Crippen LogP contribution in [0.15, 0.2) is 41.3 Å². The Hall–Kier alpha value is -2.72. The fourth-order valence-corrected chi connectivity index (χ4v) is 2.86. The van der Waals surface area contributed by atoms with Crippen molar-refractivity contribution in [3.05, 3.63) is 47.5 Å². The van der Waals surface area contributed by atoms with E-state index in [4.69, 9.17) is 11.0 Å². The van der Waals surface area contributed by atoms with Gasteiger partial charge in [-0.15, -0.1) is 0 Å². The summed E-state index contributed by atoms with van der Waals surface area (Å²) in [6.07, 6.45) is 0. The van der Waals surface area contributed by atoms with Gasteiger partial charge in [-0.25, -0.2) is 8.42 Å². The first-order valence-electron chi connectivity index (χ1n) is 5.95. The number of phenols is 1. The number of sulfonamides is 1. The number of nitrogen functional groups attached to an aromatic ring is 1. The third-order valence-corrected chi connectivity index (χ3v) is 4.28. The van der Waals surface area contributed by atoms with E-state index in [0.717, 1.165) is 0 Å². The minimum Gasteiger partial charge on any atom is -0.506 e. The normalized spacial score (nSPS) is 10.9. The van der Waals surface area contributed by atoms with E-state index in [1.54, 1.807) is 19.1 Å². The molecule has 6 nitrogen and oxygen atoms in total. The van der Waals surface area contributed by atoms with Crippen molar-refractivity contribution in [1.82, 2.24) is 0 Å². The van der Waals surface area contributed by atoms with Gasteiger partial charge in [-0.05, 0) is 42.8 Å². The van der Waals surface area contributed by atoms with Crippen molar-refractivity contribution in [2.75, 3.05) is 10.5 Å². The second-order valence-electron chi connectivity index (χ2n) is 4.47. The Morgan fingerprint density at radius 1 is 1.24 bits per heavy atom. The molecule has 2 aromatic rings. The molecule has 0 bridgehead atoms. The average Bonchev–Trinajstić information content (AvgIpc) is 2.44. The molecule has 2 aromatic carbocycles. The molecular formula is C14H13N3O3S. The molecule has 0 amide bonds. The number of hydrogen-bond donors (Lipinski definition) is 3. The van der Waals surface area contributed by atoms with Crippen LogP contribution < -0.4 is 10.5 Å². The smallest absolute Gasteiger partial charge is 0.261 e. The van der Waals surface area contributed by atoms with E-state index < -0.39 is 10.0 Å². The first kappa shape index (κ1) is 14.7. The summed E-state index contributed by atoms with van der Waals surface area (Å²) in [5.41, 5.74) is 6.83. The second-order valence-corrected chi connectivity index (χ2v) is 6.15. The van der Waals surface area contributed by atoms with Crippen molar-refractivity contribution >= 4 is 21.4 Å². The van der Waals surface area contributed by atoms with E-state index in [1.165, 1.54) is 24.3 Å². The van der Waals surface area contributed by atoms with Gasteiger partial charge in [0.2, 0.25) is 0 Å². The highest BCUT2D eigenvalue weighted by Crippen LogP contribution is 2.26. The van der Waals surface area contributed by atoms with Crippen LogP contribution in [0.3, 0.4) is 0 Å². The number of nitriles is 1. The molecule has 0 aromatic heterocycles. The third-order valence-electron chi connectivity index (χ3n) is 2.92. The third kappa shape index (κ3) is 3.07. The van der Waals surface area contributed by atoms with Gasteiger partial charge in [-0.1, -0.05) is 6.07 Å². The minimum absolute atomic E-state index is 0.0274. The monoisotopic (exact) mass is 303 g/mol. The lowest BCUT2D eigenvalue weighted by molar-refractivity contribution is 0.477. The minimum atomic E-state index is -3.85. The molecule has 0 aliphatic carbocycles. The zero-order valence-electron chi connectivity index (χ0n) is 11.2. The largest absolute Gasteiger partial charge is 0.506 e. The molecule has 0 aliphatic rings. The molecule has 21 heavy (non-hydrogen) atoms. The lowest BCUT2D eigenvalue weighted by Crippen LogP contribution is -2.14. The van der Waals surface area contributed by atoms with Gasteiger partial charge in [0.15, 0.2) is 0 Å². The van der Waals surface area contributed by atoms with Crippen molar-refractivity contribution in [3.8, 4) is 11.8 Å². The number of nitrogens with zero attached hydrogens (tertiary/aromatic N) is 1. The zero-order chi connectivity index (χ0) is 15.6. The van der Waals surface area contributed by atoms with Gasteiger partial charge in [0, 0.05) is 0 Å². The summed E-state index contributed by atoms with van der Waals surface area (Å²) in [6, 6.07) is 10.3.